The molecule has 9 aromatic rings. The molecule has 0 saturated carbocycles. The Bertz CT molecular complexity index is 3210. The molecule has 0 saturated heterocycles. The summed E-state index contributed by atoms with van der Waals surface area (Å²) in [4.78, 5) is 9.15. The van der Waals surface area contributed by atoms with Gasteiger partial charge in [-0.05, 0) is 111 Å². The van der Waals surface area contributed by atoms with Crippen LogP contribution < -0.4 is 14.5 Å². The fourth-order valence-corrected chi connectivity index (χ4v) is 9.03. The van der Waals surface area contributed by atoms with Crippen molar-refractivity contribution >= 4 is 44.6 Å². The predicted molar refractivity (Wildman–Crippen MR) is 262 cm³/mol. The molecule has 0 fully saturated rings. The van der Waals surface area contributed by atoms with Gasteiger partial charge in [0.2, 0.25) is 0 Å². The zero-order valence-corrected chi connectivity index (χ0v) is 40.2. The number of nitrogens with zero attached hydrogens (tertiary/aromatic N) is 4. The van der Waals surface area contributed by atoms with Crippen LogP contribution in [0.3, 0.4) is 0 Å². The van der Waals surface area contributed by atoms with Crippen LogP contribution in [0.1, 0.15) is 77.0 Å². The van der Waals surface area contributed by atoms with Crippen LogP contribution in [0.4, 0.5) is 31.5 Å². The number of pyridine rings is 1. The van der Waals surface area contributed by atoms with Crippen LogP contribution >= 0.6 is 0 Å². The van der Waals surface area contributed by atoms with Gasteiger partial charge in [0.25, 0.3) is 0 Å². The van der Waals surface area contributed by atoms with E-state index in [2.05, 4.69) is 179 Å². The van der Waals surface area contributed by atoms with Crippen molar-refractivity contribution in [3.05, 3.63) is 199 Å². The van der Waals surface area contributed by atoms with Gasteiger partial charge in [0.05, 0.1) is 0 Å². The summed E-state index contributed by atoms with van der Waals surface area (Å²) in [6.45, 7) is 17.5. The molecule has 0 bridgehead atoms. The Balaban J connectivity index is 0.00000548. The quantitative estimate of drug-likeness (QED) is 0.135. The second-order valence-electron chi connectivity index (χ2n) is 18.5. The number of benzene rings is 7. The maximum Gasteiger partial charge on any atom is 0.135 e. The average Bonchev–Trinajstić information content (AvgIpc) is 3.84. The van der Waals surface area contributed by atoms with Crippen molar-refractivity contribution in [2.45, 2.75) is 65.7 Å². The van der Waals surface area contributed by atoms with Crippen LogP contribution in [-0.4, -0.2) is 9.55 Å². The molecule has 66 heavy (non-hydrogen) atoms. The van der Waals surface area contributed by atoms with Gasteiger partial charge in [-0.3, -0.25) is 0 Å². The molecule has 1 aliphatic rings. The molecule has 2 aromatic heterocycles. The first kappa shape index (κ1) is 44.6. The fraction of sp³-hybridized carbons (Fsp3) is 0.172. The number of fused-ring (bicyclic) bond motifs is 4. The van der Waals surface area contributed by atoms with E-state index in [1.54, 1.807) is 6.20 Å². The number of para-hydroxylation sites is 3. The van der Waals surface area contributed by atoms with Gasteiger partial charge in [-0.1, -0.05) is 115 Å². The van der Waals surface area contributed by atoms with E-state index in [1.165, 1.54) is 17.7 Å². The summed E-state index contributed by atoms with van der Waals surface area (Å²) in [7, 11) is 0. The molecule has 10 rings (SSSR count). The molecule has 0 spiro atoms. The van der Waals surface area contributed by atoms with Gasteiger partial charge in [-0.25, -0.2) is 13.8 Å². The maximum atomic E-state index is 14.6. The zero-order chi connectivity index (χ0) is 45.1. The van der Waals surface area contributed by atoms with Crippen LogP contribution in [0.5, 0.6) is 11.5 Å². The molecule has 0 radical (unpaired) electrons. The van der Waals surface area contributed by atoms with Gasteiger partial charge in [-0.15, -0.1) is 53.6 Å². The van der Waals surface area contributed by atoms with Crippen molar-refractivity contribution in [1.82, 2.24) is 9.55 Å². The second kappa shape index (κ2) is 17.7. The number of rotatable bonds is 9. The topological polar surface area (TPSA) is 33.5 Å². The Morgan fingerprint density at radius 3 is 1.92 bits per heavy atom. The summed E-state index contributed by atoms with van der Waals surface area (Å²) < 4.78 is 38.2. The van der Waals surface area contributed by atoms with Crippen LogP contribution in [0.25, 0.3) is 49.9 Å². The first-order valence-corrected chi connectivity index (χ1v) is 22.2. The smallest absolute Gasteiger partial charge is 0.135 e. The summed E-state index contributed by atoms with van der Waals surface area (Å²) in [5, 5.41) is 2.16. The van der Waals surface area contributed by atoms with Gasteiger partial charge in [0, 0.05) is 67.4 Å². The third-order valence-corrected chi connectivity index (χ3v) is 12.3. The Kier molecular flexibility index (Phi) is 12.0. The van der Waals surface area contributed by atoms with E-state index in [-0.39, 0.29) is 38.3 Å². The summed E-state index contributed by atoms with van der Waals surface area (Å²) in [6.07, 6.45) is 1.80. The third kappa shape index (κ3) is 8.30. The average molecular weight is 1050 g/mol. The fourth-order valence-electron chi connectivity index (χ4n) is 9.03. The molecule has 0 N–H and O–H groups in total. The molecule has 8 heteroatoms. The second-order valence-corrected chi connectivity index (χ2v) is 18.5. The van der Waals surface area contributed by atoms with E-state index in [9.17, 15) is 8.78 Å². The Morgan fingerprint density at radius 1 is 0.591 bits per heavy atom. The number of anilines is 4. The van der Waals surface area contributed by atoms with E-state index in [0.29, 0.717) is 17.1 Å². The molecule has 3 heterocycles. The Morgan fingerprint density at radius 2 is 1.24 bits per heavy atom. The minimum Gasteiger partial charge on any atom is -0.509 e. The number of hydrogen-bond donors (Lipinski definition) is 0. The molecule has 0 amide bonds. The molecule has 0 atom stereocenters. The molecular weight excluding hydrogens is 1000 g/mol. The Labute approximate surface area is 400 Å². The van der Waals surface area contributed by atoms with E-state index < -0.39 is 11.6 Å². The van der Waals surface area contributed by atoms with E-state index in [4.69, 9.17) is 9.72 Å². The first-order chi connectivity index (χ1) is 31.3. The summed E-state index contributed by atoms with van der Waals surface area (Å²) in [6, 6.07) is 54.8. The largest absolute Gasteiger partial charge is 0.509 e. The summed E-state index contributed by atoms with van der Waals surface area (Å²) in [5.74, 6) is 0.864. The number of halogens is 2. The van der Waals surface area contributed by atoms with Crippen LogP contribution in [0.15, 0.2) is 152 Å². The van der Waals surface area contributed by atoms with Crippen LogP contribution in [-0.2, 0) is 26.5 Å². The SMILES string of the molecule is CC(C)c1cc(-c2cc(F)cc(F)c2)cc(C(C)C)c1N1[CH-]N(c2[c-]c(Oc3[c-]c4c(cc3)c3ccccc3n4-c3ccccn3)cc(-c3cccc(C(C)(C)C)c3)c2)c2ccccc21.[Pt]. The number of hydrogen-bond acceptors (Lipinski definition) is 4. The van der Waals surface area contributed by atoms with Gasteiger partial charge in [-0.2, -0.15) is 6.07 Å². The van der Waals surface area contributed by atoms with E-state index in [1.807, 2.05) is 30.3 Å². The minimum absolute atomic E-state index is 0. The van der Waals surface area contributed by atoms with Crippen molar-refractivity contribution in [1.29, 1.82) is 0 Å². The van der Waals surface area contributed by atoms with Crippen LogP contribution in [0, 0.1) is 30.4 Å². The molecule has 0 unspecified atom stereocenters. The minimum atomic E-state index is -0.600. The zero-order valence-electron chi connectivity index (χ0n) is 37.9. The number of aromatic nitrogens is 2. The summed E-state index contributed by atoms with van der Waals surface area (Å²) in [5.41, 5.74) is 12.3. The molecule has 334 valence electrons. The normalized spacial score (nSPS) is 12.7. The Hall–Kier alpha value is -6.56. The van der Waals surface area contributed by atoms with Gasteiger partial charge < -0.3 is 19.1 Å². The first-order valence-electron chi connectivity index (χ1n) is 22.2. The maximum absolute atomic E-state index is 14.6. The molecular formula is C58H49F2N4OPt-3. The van der Waals surface area contributed by atoms with Crippen LogP contribution in [0.2, 0.25) is 0 Å². The van der Waals surface area contributed by atoms with Crippen molar-refractivity contribution < 1.29 is 34.6 Å². The third-order valence-electron chi connectivity index (χ3n) is 12.3. The predicted octanol–water partition coefficient (Wildman–Crippen LogP) is 16.1. The molecule has 7 aromatic carbocycles. The van der Waals surface area contributed by atoms with E-state index in [0.717, 1.165) is 84.3 Å². The van der Waals surface area contributed by atoms with Gasteiger partial charge >= 0.3 is 0 Å². The number of ether oxygens (including phenoxy) is 1. The van der Waals surface area contributed by atoms with E-state index >= 15 is 0 Å². The van der Waals surface area contributed by atoms with Crippen molar-refractivity contribution in [3.8, 4) is 39.6 Å². The van der Waals surface area contributed by atoms with Crippen molar-refractivity contribution in [3.63, 3.8) is 0 Å². The monoisotopic (exact) mass is 1050 g/mol. The summed E-state index contributed by atoms with van der Waals surface area (Å²) >= 11 is 0. The molecule has 5 nitrogen and oxygen atoms in total. The van der Waals surface area contributed by atoms with Gasteiger partial charge in [0.15, 0.2) is 0 Å². The van der Waals surface area contributed by atoms with Crippen molar-refractivity contribution in [2.24, 2.45) is 0 Å². The van der Waals surface area contributed by atoms with Gasteiger partial charge in [0.1, 0.15) is 17.5 Å². The standard InChI is InChI=1S/C58H49F2N4O.Pt/c1-36(2)50-30-41(39-26-43(59)32-44(60)27-39)31-51(37(3)4)57(50)63-35-62(53-19-10-11-20-54(53)63)45-28-40(38-15-14-16-42(25-38)58(5,6)7)29-47(33-45)65-46-22-23-49-48-17-8-9-18-52(48)64(55(49)34-46)56-21-12-13-24-61-56;/h8-32,35-37H,1-7H3;/q-3;. The molecule has 0 aliphatic carbocycles. The molecule has 1 aliphatic heterocycles. The van der Waals surface area contributed by atoms with Crippen molar-refractivity contribution in [2.75, 3.05) is 9.80 Å².